The van der Waals surface area contributed by atoms with E-state index in [2.05, 4.69) is 4.74 Å². The zero-order chi connectivity index (χ0) is 10.1. The van der Waals surface area contributed by atoms with Crippen molar-refractivity contribution >= 4 is 29.7 Å². The van der Waals surface area contributed by atoms with E-state index in [1.165, 1.54) is 0 Å². The van der Waals surface area contributed by atoms with Crippen molar-refractivity contribution in [3.63, 3.8) is 0 Å². The summed E-state index contributed by atoms with van der Waals surface area (Å²) in [5, 5.41) is 0.909. The van der Waals surface area contributed by atoms with Crippen LogP contribution in [0.15, 0.2) is 11.4 Å². The summed E-state index contributed by atoms with van der Waals surface area (Å²) in [4.78, 5) is 10.8. The molecule has 2 nitrogen and oxygen atoms in total. The van der Waals surface area contributed by atoms with Gasteiger partial charge in [0.25, 0.3) is 0 Å². The van der Waals surface area contributed by atoms with Gasteiger partial charge in [0, 0.05) is 0 Å². The Kier molecular flexibility index (Phi) is 2.65. The first-order valence-electron chi connectivity index (χ1n) is 3.32. The fourth-order valence-electron chi connectivity index (χ4n) is 0.730. The summed E-state index contributed by atoms with van der Waals surface area (Å²) in [6.07, 6.45) is 0. The molecule has 0 N–H and O–H groups in total. The minimum atomic E-state index is -5.02. The van der Waals surface area contributed by atoms with Crippen molar-refractivity contribution in [3.8, 4) is 0 Å². The van der Waals surface area contributed by atoms with Gasteiger partial charge in [-0.05, 0) is 5.38 Å². The molecule has 0 saturated carbocycles. The van der Waals surface area contributed by atoms with E-state index in [4.69, 9.17) is 0 Å². The molecular formula is C6H5BF3O2S-. The quantitative estimate of drug-likeness (QED) is 0.546. The standard InChI is InChI=1S/C6H5BF3O2S/c1-12-6(11)5-2-4(3-13-5)7(8,9)10/h2-3H,1H3/q-1. The molecule has 1 rings (SSSR count). The van der Waals surface area contributed by atoms with Gasteiger partial charge in [-0.2, -0.15) is 0 Å². The molecule has 1 aromatic rings. The Labute approximate surface area is 76.4 Å². The van der Waals surface area contributed by atoms with Crippen molar-refractivity contribution in [2.45, 2.75) is 0 Å². The number of esters is 1. The third-order valence-corrected chi connectivity index (χ3v) is 2.31. The van der Waals surface area contributed by atoms with Crippen molar-refractivity contribution in [2.75, 3.05) is 7.11 Å². The zero-order valence-electron chi connectivity index (χ0n) is 6.59. The Morgan fingerprint density at radius 1 is 1.54 bits per heavy atom. The lowest BCUT2D eigenvalue weighted by Gasteiger charge is -2.10. The van der Waals surface area contributed by atoms with Gasteiger partial charge in [-0.15, -0.1) is 11.3 Å². The highest BCUT2D eigenvalue weighted by molar-refractivity contribution is 7.13. The van der Waals surface area contributed by atoms with E-state index < -0.39 is 18.4 Å². The number of methoxy groups -OCH3 is 1. The molecular weight excluding hydrogens is 204 g/mol. The number of hydrogen-bond acceptors (Lipinski definition) is 3. The van der Waals surface area contributed by atoms with Crippen LogP contribution in [0.3, 0.4) is 0 Å². The SMILES string of the molecule is COC(=O)c1cc([B-](F)(F)F)cs1. The second-order valence-corrected chi connectivity index (χ2v) is 3.22. The van der Waals surface area contributed by atoms with Crippen LogP contribution >= 0.6 is 11.3 Å². The first kappa shape index (κ1) is 10.1. The van der Waals surface area contributed by atoms with Crippen molar-refractivity contribution < 1.29 is 22.5 Å². The summed E-state index contributed by atoms with van der Waals surface area (Å²) in [6.45, 7) is -5.02. The fraction of sp³-hybridized carbons (Fsp3) is 0.167. The van der Waals surface area contributed by atoms with Gasteiger partial charge in [0.2, 0.25) is 0 Å². The van der Waals surface area contributed by atoms with Gasteiger partial charge in [-0.1, -0.05) is 11.5 Å². The number of ether oxygens (including phenoxy) is 1. The minimum Gasteiger partial charge on any atom is -0.465 e. The number of hydrogen-bond donors (Lipinski definition) is 0. The molecule has 0 atom stereocenters. The number of rotatable bonds is 2. The third-order valence-electron chi connectivity index (χ3n) is 1.38. The minimum absolute atomic E-state index is 0.0308. The molecule has 0 fully saturated rings. The first-order valence-corrected chi connectivity index (χ1v) is 4.20. The van der Waals surface area contributed by atoms with Gasteiger partial charge in [0.15, 0.2) is 0 Å². The van der Waals surface area contributed by atoms with Crippen LogP contribution in [0.2, 0.25) is 0 Å². The summed E-state index contributed by atoms with van der Waals surface area (Å²) in [5.41, 5.74) is -0.759. The molecule has 0 unspecified atom stereocenters. The Morgan fingerprint density at radius 3 is 2.54 bits per heavy atom. The summed E-state index contributed by atoms with van der Waals surface area (Å²) >= 11 is 0.730. The topological polar surface area (TPSA) is 26.3 Å². The summed E-state index contributed by atoms with van der Waals surface area (Å²) < 4.78 is 40.5. The van der Waals surface area contributed by atoms with Gasteiger partial charge < -0.3 is 17.7 Å². The maximum Gasteiger partial charge on any atom is 0.510 e. The molecule has 0 saturated heterocycles. The number of thiophene rings is 1. The van der Waals surface area contributed by atoms with E-state index in [-0.39, 0.29) is 4.88 Å². The Bertz CT molecular complexity index is 320. The molecule has 13 heavy (non-hydrogen) atoms. The molecule has 0 spiro atoms. The summed E-state index contributed by atoms with van der Waals surface area (Å²) in [5.74, 6) is -0.740. The van der Waals surface area contributed by atoms with Crippen LogP contribution < -0.4 is 5.46 Å². The van der Waals surface area contributed by atoms with Gasteiger partial charge >= 0.3 is 12.9 Å². The maximum absolute atomic E-state index is 12.1. The normalized spacial score (nSPS) is 11.4. The Hall–Kier alpha value is -0.975. The lowest BCUT2D eigenvalue weighted by Crippen LogP contribution is -2.32. The van der Waals surface area contributed by atoms with Gasteiger partial charge in [0.1, 0.15) is 4.88 Å². The van der Waals surface area contributed by atoms with E-state index in [0.29, 0.717) is 0 Å². The maximum atomic E-state index is 12.1. The van der Waals surface area contributed by atoms with Crippen molar-refractivity contribution in [1.82, 2.24) is 0 Å². The molecule has 0 radical (unpaired) electrons. The van der Waals surface area contributed by atoms with Crippen LogP contribution in [-0.4, -0.2) is 20.1 Å². The predicted octanol–water partition coefficient (Wildman–Crippen LogP) is 1.59. The van der Waals surface area contributed by atoms with Crippen LogP contribution in [0.25, 0.3) is 0 Å². The molecule has 1 aromatic heterocycles. The van der Waals surface area contributed by atoms with Crippen molar-refractivity contribution in [1.29, 1.82) is 0 Å². The van der Waals surface area contributed by atoms with E-state index in [1.54, 1.807) is 0 Å². The number of carbonyl (C=O) groups is 1. The van der Waals surface area contributed by atoms with Crippen LogP contribution in [0.5, 0.6) is 0 Å². The van der Waals surface area contributed by atoms with Crippen molar-refractivity contribution in [3.05, 3.63) is 16.3 Å². The summed E-state index contributed by atoms with van der Waals surface area (Å²) in [6, 6.07) is 0.802. The Balaban J connectivity index is 2.93. The van der Waals surface area contributed by atoms with Crippen molar-refractivity contribution in [2.24, 2.45) is 0 Å². The molecule has 0 aliphatic carbocycles. The highest BCUT2D eigenvalue weighted by Crippen LogP contribution is 2.15. The highest BCUT2D eigenvalue weighted by Gasteiger charge is 2.27. The average molecular weight is 209 g/mol. The van der Waals surface area contributed by atoms with Crippen LogP contribution in [0.1, 0.15) is 9.67 Å². The largest absolute Gasteiger partial charge is 0.510 e. The summed E-state index contributed by atoms with van der Waals surface area (Å²) in [7, 11) is 1.13. The number of carbonyl (C=O) groups excluding carboxylic acids is 1. The van der Waals surface area contributed by atoms with E-state index >= 15 is 0 Å². The number of halogens is 3. The lowest BCUT2D eigenvalue weighted by molar-refractivity contribution is 0.0606. The fourth-order valence-corrected chi connectivity index (χ4v) is 1.60. The molecule has 1 heterocycles. The lowest BCUT2D eigenvalue weighted by atomic mass is 9.82. The first-order chi connectivity index (χ1) is 5.95. The zero-order valence-corrected chi connectivity index (χ0v) is 7.41. The Morgan fingerprint density at radius 2 is 2.15 bits per heavy atom. The molecule has 0 bridgehead atoms. The van der Waals surface area contributed by atoms with E-state index in [1.807, 2.05) is 0 Å². The van der Waals surface area contributed by atoms with Gasteiger partial charge in [0.05, 0.1) is 7.11 Å². The predicted molar refractivity (Wildman–Crippen MR) is 44.4 cm³/mol. The molecule has 0 amide bonds. The van der Waals surface area contributed by atoms with Gasteiger partial charge in [-0.25, -0.2) is 4.79 Å². The van der Waals surface area contributed by atoms with Crippen LogP contribution in [0.4, 0.5) is 12.9 Å². The molecule has 72 valence electrons. The van der Waals surface area contributed by atoms with Crippen LogP contribution in [0, 0.1) is 0 Å². The second-order valence-electron chi connectivity index (χ2n) is 2.31. The van der Waals surface area contributed by atoms with E-state index in [9.17, 15) is 17.7 Å². The highest BCUT2D eigenvalue weighted by atomic mass is 32.1. The second kappa shape index (κ2) is 3.41. The van der Waals surface area contributed by atoms with E-state index in [0.717, 1.165) is 29.9 Å². The smallest absolute Gasteiger partial charge is 0.465 e. The monoisotopic (exact) mass is 209 g/mol. The average Bonchev–Trinajstić information content (AvgIpc) is 2.50. The molecule has 0 aliphatic heterocycles. The molecule has 0 aromatic carbocycles. The molecule has 0 aliphatic rings. The third kappa shape index (κ3) is 2.24. The van der Waals surface area contributed by atoms with Crippen LogP contribution in [-0.2, 0) is 4.74 Å². The molecule has 7 heteroatoms. The van der Waals surface area contributed by atoms with Gasteiger partial charge in [-0.3, -0.25) is 0 Å².